The molecular weight excluding hydrogens is 298 g/mol. The second-order valence-corrected chi connectivity index (χ2v) is 6.52. The summed E-state index contributed by atoms with van der Waals surface area (Å²) in [6, 6.07) is 12.2. The highest BCUT2D eigenvalue weighted by atomic mass is 16.2. The molecule has 3 aromatic rings. The van der Waals surface area contributed by atoms with E-state index in [1.807, 2.05) is 17.0 Å². The number of hydrogen-bond donors (Lipinski definition) is 0. The summed E-state index contributed by atoms with van der Waals surface area (Å²) in [5, 5.41) is 1.34. The van der Waals surface area contributed by atoms with E-state index < -0.39 is 0 Å². The first-order valence-corrected chi connectivity index (χ1v) is 8.47. The first-order chi connectivity index (χ1) is 11.7. The van der Waals surface area contributed by atoms with E-state index in [9.17, 15) is 4.79 Å². The molecule has 0 unspecified atom stereocenters. The van der Waals surface area contributed by atoms with Gasteiger partial charge >= 0.3 is 0 Å². The molecule has 1 aromatic carbocycles. The first kappa shape index (κ1) is 14.9. The number of para-hydroxylation sites is 1. The van der Waals surface area contributed by atoms with Gasteiger partial charge in [-0.05, 0) is 42.5 Å². The van der Waals surface area contributed by atoms with Crippen LogP contribution in [0, 0.1) is 0 Å². The minimum Gasteiger partial charge on any atom is -0.350 e. The van der Waals surface area contributed by atoms with Gasteiger partial charge in [0.2, 0.25) is 0 Å². The molecule has 2 aromatic heterocycles. The van der Waals surface area contributed by atoms with Crippen molar-refractivity contribution in [1.82, 2.24) is 14.5 Å². The van der Waals surface area contributed by atoms with Gasteiger partial charge in [0, 0.05) is 49.6 Å². The van der Waals surface area contributed by atoms with E-state index in [0.29, 0.717) is 11.5 Å². The number of hydrogen-bond acceptors (Lipinski definition) is 2. The Balaban J connectivity index is 1.51. The molecule has 122 valence electrons. The van der Waals surface area contributed by atoms with Crippen molar-refractivity contribution < 1.29 is 4.79 Å². The SMILES string of the molecule is Cn1cc(C2CCN(C(=O)c3cccnc3)CC2)c2ccccc21. The van der Waals surface area contributed by atoms with E-state index in [1.165, 1.54) is 16.5 Å². The summed E-state index contributed by atoms with van der Waals surface area (Å²) in [4.78, 5) is 18.5. The Morgan fingerprint density at radius 2 is 1.92 bits per heavy atom. The van der Waals surface area contributed by atoms with Crippen LogP contribution in [0.2, 0.25) is 0 Å². The predicted octanol–water partition coefficient (Wildman–Crippen LogP) is 3.59. The molecule has 0 saturated carbocycles. The summed E-state index contributed by atoms with van der Waals surface area (Å²) in [7, 11) is 2.10. The number of nitrogens with zero attached hydrogens (tertiary/aromatic N) is 3. The molecule has 0 spiro atoms. The molecule has 0 N–H and O–H groups in total. The van der Waals surface area contributed by atoms with Gasteiger partial charge in [0.1, 0.15) is 0 Å². The van der Waals surface area contributed by atoms with Crippen molar-refractivity contribution in [1.29, 1.82) is 0 Å². The number of rotatable bonds is 2. The van der Waals surface area contributed by atoms with Gasteiger partial charge in [0.05, 0.1) is 5.56 Å². The second-order valence-electron chi connectivity index (χ2n) is 6.52. The average molecular weight is 319 g/mol. The van der Waals surface area contributed by atoms with E-state index >= 15 is 0 Å². The van der Waals surface area contributed by atoms with Crippen LogP contribution in [0.25, 0.3) is 10.9 Å². The zero-order chi connectivity index (χ0) is 16.5. The zero-order valence-corrected chi connectivity index (χ0v) is 13.9. The Morgan fingerprint density at radius 1 is 1.12 bits per heavy atom. The Labute approximate surface area is 141 Å². The van der Waals surface area contributed by atoms with Crippen LogP contribution in [0.4, 0.5) is 0 Å². The molecule has 0 bridgehead atoms. The molecular formula is C20H21N3O. The Hall–Kier alpha value is -2.62. The van der Waals surface area contributed by atoms with E-state index in [4.69, 9.17) is 0 Å². The number of aromatic nitrogens is 2. The van der Waals surface area contributed by atoms with Gasteiger partial charge in [-0.25, -0.2) is 0 Å². The topological polar surface area (TPSA) is 38.1 Å². The first-order valence-electron chi connectivity index (χ1n) is 8.47. The molecule has 0 aliphatic carbocycles. The quantitative estimate of drug-likeness (QED) is 0.724. The predicted molar refractivity (Wildman–Crippen MR) is 95.0 cm³/mol. The van der Waals surface area contributed by atoms with Crippen molar-refractivity contribution >= 4 is 16.8 Å². The average Bonchev–Trinajstić information content (AvgIpc) is 2.99. The number of piperidine rings is 1. The van der Waals surface area contributed by atoms with Gasteiger partial charge in [0.15, 0.2) is 0 Å². The molecule has 3 heterocycles. The third-order valence-corrected chi connectivity index (χ3v) is 5.06. The minimum absolute atomic E-state index is 0.0967. The highest BCUT2D eigenvalue weighted by Gasteiger charge is 2.26. The number of benzene rings is 1. The number of fused-ring (bicyclic) bond motifs is 1. The number of likely N-dealkylation sites (tertiary alicyclic amines) is 1. The van der Waals surface area contributed by atoms with Gasteiger partial charge < -0.3 is 9.47 Å². The number of carbonyl (C=O) groups is 1. The van der Waals surface area contributed by atoms with Crippen LogP contribution in [0.1, 0.15) is 34.7 Å². The summed E-state index contributed by atoms with van der Waals surface area (Å²) in [5.74, 6) is 0.619. The van der Waals surface area contributed by atoms with Gasteiger partial charge in [-0.3, -0.25) is 9.78 Å². The van der Waals surface area contributed by atoms with Gasteiger partial charge in [-0.1, -0.05) is 18.2 Å². The van der Waals surface area contributed by atoms with E-state index in [-0.39, 0.29) is 5.91 Å². The molecule has 4 nitrogen and oxygen atoms in total. The number of pyridine rings is 1. The normalized spacial score (nSPS) is 15.8. The summed E-state index contributed by atoms with van der Waals surface area (Å²) in [6.07, 6.45) is 7.64. The lowest BCUT2D eigenvalue weighted by Crippen LogP contribution is -2.37. The fraction of sp³-hybridized carbons (Fsp3) is 0.300. The van der Waals surface area contributed by atoms with E-state index in [2.05, 4.69) is 47.1 Å². The molecule has 0 atom stereocenters. The van der Waals surface area contributed by atoms with E-state index in [1.54, 1.807) is 12.4 Å². The molecule has 0 radical (unpaired) electrons. The highest BCUT2D eigenvalue weighted by molar-refractivity contribution is 5.94. The molecule has 4 heteroatoms. The summed E-state index contributed by atoms with van der Waals surface area (Å²) in [5.41, 5.74) is 3.38. The van der Waals surface area contributed by atoms with Crippen LogP contribution in [-0.4, -0.2) is 33.4 Å². The Kier molecular flexibility index (Phi) is 3.81. The zero-order valence-electron chi connectivity index (χ0n) is 13.9. The molecule has 1 aliphatic rings. The summed E-state index contributed by atoms with van der Waals surface area (Å²) >= 11 is 0. The fourth-order valence-corrected chi connectivity index (χ4v) is 3.76. The molecule has 1 saturated heterocycles. The van der Waals surface area contributed by atoms with Crippen LogP contribution >= 0.6 is 0 Å². The van der Waals surface area contributed by atoms with Crippen LogP contribution in [0.15, 0.2) is 55.0 Å². The van der Waals surface area contributed by atoms with Crippen molar-refractivity contribution in [3.8, 4) is 0 Å². The third kappa shape index (κ3) is 2.58. The smallest absolute Gasteiger partial charge is 0.255 e. The highest BCUT2D eigenvalue weighted by Crippen LogP contribution is 2.34. The minimum atomic E-state index is 0.0967. The number of carbonyl (C=O) groups excluding carboxylic acids is 1. The van der Waals surface area contributed by atoms with Crippen LogP contribution in [-0.2, 0) is 7.05 Å². The van der Waals surface area contributed by atoms with Crippen LogP contribution < -0.4 is 0 Å². The maximum atomic E-state index is 12.5. The summed E-state index contributed by atoms with van der Waals surface area (Å²) in [6.45, 7) is 1.61. The van der Waals surface area contributed by atoms with Crippen molar-refractivity contribution in [3.05, 3.63) is 66.1 Å². The van der Waals surface area contributed by atoms with Crippen molar-refractivity contribution in [2.24, 2.45) is 7.05 Å². The lowest BCUT2D eigenvalue weighted by molar-refractivity contribution is 0.0713. The standard InChI is InChI=1S/C20H21N3O/c1-22-14-18(17-6-2-3-7-19(17)22)15-8-11-23(12-9-15)20(24)16-5-4-10-21-13-16/h2-7,10,13-15H,8-9,11-12H2,1H3. The third-order valence-electron chi connectivity index (χ3n) is 5.06. The maximum absolute atomic E-state index is 12.5. The molecule has 4 rings (SSSR count). The van der Waals surface area contributed by atoms with Gasteiger partial charge in [0.25, 0.3) is 5.91 Å². The maximum Gasteiger partial charge on any atom is 0.255 e. The van der Waals surface area contributed by atoms with Crippen LogP contribution in [0.5, 0.6) is 0 Å². The van der Waals surface area contributed by atoms with Crippen molar-refractivity contribution in [3.63, 3.8) is 0 Å². The summed E-state index contributed by atoms with van der Waals surface area (Å²) < 4.78 is 2.21. The van der Waals surface area contributed by atoms with Crippen molar-refractivity contribution in [2.75, 3.05) is 13.1 Å². The second kappa shape index (κ2) is 6.11. The van der Waals surface area contributed by atoms with Gasteiger partial charge in [-0.15, -0.1) is 0 Å². The lowest BCUT2D eigenvalue weighted by atomic mass is 9.89. The lowest BCUT2D eigenvalue weighted by Gasteiger charge is -2.32. The molecule has 24 heavy (non-hydrogen) atoms. The monoisotopic (exact) mass is 319 g/mol. The fourth-order valence-electron chi connectivity index (χ4n) is 3.76. The largest absolute Gasteiger partial charge is 0.350 e. The van der Waals surface area contributed by atoms with Crippen molar-refractivity contribution in [2.45, 2.75) is 18.8 Å². The Bertz CT molecular complexity index is 861. The number of amides is 1. The van der Waals surface area contributed by atoms with E-state index in [0.717, 1.165) is 25.9 Å². The molecule has 1 amide bonds. The van der Waals surface area contributed by atoms with Gasteiger partial charge in [-0.2, -0.15) is 0 Å². The Morgan fingerprint density at radius 3 is 2.67 bits per heavy atom. The molecule has 1 aliphatic heterocycles. The molecule has 1 fully saturated rings. The van der Waals surface area contributed by atoms with Crippen LogP contribution in [0.3, 0.4) is 0 Å². The number of aryl methyl sites for hydroxylation is 1.